The number of nitriles is 1. The molecule has 0 aliphatic heterocycles. The summed E-state index contributed by atoms with van der Waals surface area (Å²) in [4.78, 5) is 11.5. The van der Waals surface area contributed by atoms with Crippen molar-refractivity contribution < 1.29 is 9.53 Å². The van der Waals surface area contributed by atoms with E-state index in [0.29, 0.717) is 24.4 Å². The van der Waals surface area contributed by atoms with Crippen LogP contribution in [0.25, 0.3) is 0 Å². The van der Waals surface area contributed by atoms with Crippen LogP contribution in [0.4, 0.5) is 5.82 Å². The van der Waals surface area contributed by atoms with E-state index in [4.69, 9.17) is 10.00 Å². The van der Waals surface area contributed by atoms with Gasteiger partial charge in [-0.25, -0.2) is 0 Å². The Labute approximate surface area is 93.6 Å². The average Bonchev–Trinajstić information content (AvgIpc) is 2.65. The van der Waals surface area contributed by atoms with E-state index in [1.807, 2.05) is 13.0 Å². The Morgan fingerprint density at radius 2 is 2.56 bits per heavy atom. The zero-order chi connectivity index (χ0) is 12.0. The third kappa shape index (κ3) is 3.37. The summed E-state index contributed by atoms with van der Waals surface area (Å²) in [5, 5.41) is 17.5. The van der Waals surface area contributed by atoms with E-state index >= 15 is 0 Å². The standard InChI is InChI=1S/C10H14N4O2/c1-7(6-16-2)3-9(15)13-10-8(4-11)5-12-14-10/h5,7H,3,6H2,1-2H3,(H2,12,13,14,15). The van der Waals surface area contributed by atoms with Gasteiger partial charge in [0.2, 0.25) is 5.91 Å². The quantitative estimate of drug-likeness (QED) is 0.774. The zero-order valence-corrected chi connectivity index (χ0v) is 9.28. The fourth-order valence-electron chi connectivity index (χ4n) is 1.32. The molecule has 1 aromatic heterocycles. The summed E-state index contributed by atoms with van der Waals surface area (Å²) in [7, 11) is 1.59. The van der Waals surface area contributed by atoms with Gasteiger partial charge in [-0.05, 0) is 5.92 Å². The molecule has 0 radical (unpaired) electrons. The highest BCUT2D eigenvalue weighted by atomic mass is 16.5. The van der Waals surface area contributed by atoms with Gasteiger partial charge in [-0.2, -0.15) is 10.4 Å². The van der Waals surface area contributed by atoms with Crippen molar-refractivity contribution in [2.24, 2.45) is 5.92 Å². The van der Waals surface area contributed by atoms with Gasteiger partial charge in [-0.1, -0.05) is 6.92 Å². The van der Waals surface area contributed by atoms with Gasteiger partial charge in [-0.15, -0.1) is 0 Å². The Morgan fingerprint density at radius 3 is 3.19 bits per heavy atom. The van der Waals surface area contributed by atoms with E-state index in [9.17, 15) is 4.79 Å². The second-order valence-corrected chi connectivity index (χ2v) is 3.58. The first-order valence-corrected chi connectivity index (χ1v) is 4.89. The molecule has 1 unspecified atom stereocenters. The number of rotatable bonds is 5. The van der Waals surface area contributed by atoms with Crippen molar-refractivity contribution in [3.63, 3.8) is 0 Å². The summed E-state index contributed by atoms with van der Waals surface area (Å²) in [5.41, 5.74) is 0.327. The maximum absolute atomic E-state index is 11.5. The van der Waals surface area contributed by atoms with Gasteiger partial charge in [0, 0.05) is 20.1 Å². The Bertz CT molecular complexity index is 394. The number of amides is 1. The van der Waals surface area contributed by atoms with Gasteiger partial charge in [0.1, 0.15) is 17.5 Å². The van der Waals surface area contributed by atoms with E-state index in [-0.39, 0.29) is 11.8 Å². The van der Waals surface area contributed by atoms with Gasteiger partial charge in [0.15, 0.2) is 0 Å². The minimum atomic E-state index is -0.162. The molecule has 2 N–H and O–H groups in total. The lowest BCUT2D eigenvalue weighted by molar-refractivity contribution is -0.117. The van der Waals surface area contributed by atoms with E-state index in [1.54, 1.807) is 7.11 Å². The number of H-pyrrole nitrogens is 1. The van der Waals surface area contributed by atoms with Crippen molar-refractivity contribution in [3.8, 4) is 6.07 Å². The molecule has 0 aliphatic carbocycles. The van der Waals surface area contributed by atoms with Crippen molar-refractivity contribution in [3.05, 3.63) is 11.8 Å². The Hall–Kier alpha value is -1.87. The first-order valence-electron chi connectivity index (χ1n) is 4.89. The number of nitrogens with zero attached hydrogens (tertiary/aromatic N) is 2. The molecule has 0 bridgehead atoms. The molecule has 0 aliphatic rings. The van der Waals surface area contributed by atoms with Gasteiger partial charge in [0.25, 0.3) is 0 Å². The van der Waals surface area contributed by atoms with Crippen LogP contribution in [0.3, 0.4) is 0 Å². The molecule has 0 aromatic carbocycles. The summed E-state index contributed by atoms with van der Waals surface area (Å²) >= 11 is 0. The SMILES string of the molecule is COCC(C)CC(=O)Nc1[nH]ncc1C#N. The molecule has 6 heteroatoms. The molecule has 1 aromatic rings. The highest BCUT2D eigenvalue weighted by Crippen LogP contribution is 2.10. The summed E-state index contributed by atoms with van der Waals surface area (Å²) in [5.74, 6) is 0.320. The average molecular weight is 222 g/mol. The van der Waals surface area contributed by atoms with E-state index in [1.165, 1.54) is 6.20 Å². The molecule has 0 fully saturated rings. The predicted octanol–water partition coefficient (Wildman–Crippen LogP) is 0.892. The third-order valence-electron chi connectivity index (χ3n) is 2.01. The summed E-state index contributed by atoms with van der Waals surface area (Å²) in [6.07, 6.45) is 1.71. The zero-order valence-electron chi connectivity index (χ0n) is 9.28. The van der Waals surface area contributed by atoms with Crippen molar-refractivity contribution >= 4 is 11.7 Å². The van der Waals surface area contributed by atoms with Crippen LogP contribution in [0.5, 0.6) is 0 Å². The lowest BCUT2D eigenvalue weighted by Crippen LogP contribution is -2.18. The van der Waals surface area contributed by atoms with Gasteiger partial charge in [-0.3, -0.25) is 9.89 Å². The maximum Gasteiger partial charge on any atom is 0.225 e. The Balaban J connectivity index is 2.49. The van der Waals surface area contributed by atoms with Crippen LogP contribution < -0.4 is 5.32 Å². The first kappa shape index (κ1) is 12.2. The fraction of sp³-hybridized carbons (Fsp3) is 0.500. The lowest BCUT2D eigenvalue weighted by Gasteiger charge is -2.09. The second-order valence-electron chi connectivity index (χ2n) is 3.58. The van der Waals surface area contributed by atoms with Gasteiger partial charge >= 0.3 is 0 Å². The van der Waals surface area contributed by atoms with Crippen molar-refractivity contribution in [2.45, 2.75) is 13.3 Å². The molecule has 0 saturated carbocycles. The number of carbonyl (C=O) groups excluding carboxylic acids is 1. The van der Waals surface area contributed by atoms with Gasteiger partial charge in [0.05, 0.1) is 6.20 Å². The van der Waals surface area contributed by atoms with Gasteiger partial charge < -0.3 is 10.1 Å². The molecular weight excluding hydrogens is 208 g/mol. The minimum Gasteiger partial charge on any atom is -0.384 e. The molecule has 0 saturated heterocycles. The fourth-order valence-corrected chi connectivity index (χ4v) is 1.32. The van der Waals surface area contributed by atoms with Crippen molar-refractivity contribution in [2.75, 3.05) is 19.0 Å². The number of hydrogen-bond acceptors (Lipinski definition) is 4. The number of methoxy groups -OCH3 is 1. The van der Waals surface area contributed by atoms with Crippen LogP contribution in [-0.4, -0.2) is 29.8 Å². The largest absolute Gasteiger partial charge is 0.384 e. The molecule has 1 rings (SSSR count). The van der Waals surface area contributed by atoms with Crippen LogP contribution in [0.2, 0.25) is 0 Å². The molecule has 0 spiro atoms. The number of hydrogen-bond donors (Lipinski definition) is 2. The number of aromatic nitrogens is 2. The van der Waals surface area contributed by atoms with E-state index < -0.39 is 0 Å². The van der Waals surface area contributed by atoms with Crippen LogP contribution in [0.1, 0.15) is 18.9 Å². The maximum atomic E-state index is 11.5. The lowest BCUT2D eigenvalue weighted by atomic mass is 10.1. The highest BCUT2D eigenvalue weighted by Gasteiger charge is 2.12. The number of anilines is 1. The molecular formula is C10H14N4O2. The molecule has 86 valence electrons. The molecule has 1 atom stereocenters. The summed E-state index contributed by atoms with van der Waals surface area (Å²) in [6.45, 7) is 2.45. The Morgan fingerprint density at radius 1 is 1.81 bits per heavy atom. The highest BCUT2D eigenvalue weighted by molar-refractivity contribution is 5.90. The van der Waals surface area contributed by atoms with Crippen LogP contribution in [0, 0.1) is 17.2 Å². The van der Waals surface area contributed by atoms with Crippen molar-refractivity contribution in [1.29, 1.82) is 5.26 Å². The normalized spacial score (nSPS) is 11.8. The summed E-state index contributed by atoms with van der Waals surface area (Å²) in [6, 6.07) is 1.93. The monoisotopic (exact) mass is 222 g/mol. The summed E-state index contributed by atoms with van der Waals surface area (Å²) < 4.78 is 4.93. The molecule has 6 nitrogen and oxygen atoms in total. The third-order valence-corrected chi connectivity index (χ3v) is 2.01. The van der Waals surface area contributed by atoms with E-state index in [2.05, 4.69) is 15.5 Å². The van der Waals surface area contributed by atoms with Crippen molar-refractivity contribution in [1.82, 2.24) is 10.2 Å². The number of carbonyl (C=O) groups is 1. The molecule has 16 heavy (non-hydrogen) atoms. The second kappa shape index (κ2) is 5.88. The number of aromatic amines is 1. The topological polar surface area (TPSA) is 90.8 Å². The number of ether oxygens (including phenoxy) is 1. The first-order chi connectivity index (χ1) is 7.67. The predicted molar refractivity (Wildman–Crippen MR) is 57.6 cm³/mol. The van der Waals surface area contributed by atoms with Crippen LogP contribution in [0.15, 0.2) is 6.20 Å². The Kier molecular flexibility index (Phi) is 4.48. The van der Waals surface area contributed by atoms with Crippen LogP contribution >= 0.6 is 0 Å². The van der Waals surface area contributed by atoms with Crippen LogP contribution in [-0.2, 0) is 9.53 Å². The molecule has 1 heterocycles. The number of nitrogens with one attached hydrogen (secondary N) is 2. The molecule has 1 amide bonds. The van der Waals surface area contributed by atoms with E-state index in [0.717, 1.165) is 0 Å². The minimum absolute atomic E-state index is 0.137. The smallest absolute Gasteiger partial charge is 0.225 e.